The fourth-order valence-corrected chi connectivity index (χ4v) is 13.2. The maximum absolute atomic E-state index is 13.1. The number of carbonyl (C=O) groups is 4. The highest BCUT2D eigenvalue weighted by Gasteiger charge is 2.62. The molecule has 5 saturated carbocycles. The van der Waals surface area contributed by atoms with Crippen LogP contribution in [0, 0.1) is 35.5 Å². The first-order chi connectivity index (χ1) is 38.4. The number of cyclic esters (lactones) is 1. The summed E-state index contributed by atoms with van der Waals surface area (Å²) in [7, 11) is -5.83. The Morgan fingerprint density at radius 1 is 0.663 bits per heavy atom. The van der Waals surface area contributed by atoms with Crippen LogP contribution in [-0.2, 0) is 63.9 Å². The Kier molecular flexibility index (Phi) is 22.6. The van der Waals surface area contributed by atoms with E-state index in [1.165, 1.54) is 35.0 Å². The van der Waals surface area contributed by atoms with Gasteiger partial charge in [0.25, 0.3) is 0 Å². The molecule has 9 rings (SSSR count). The zero-order valence-electron chi connectivity index (χ0n) is 46.5. The Bertz CT molecular complexity index is 2710. The van der Waals surface area contributed by atoms with Gasteiger partial charge in [0.05, 0.1) is 29.7 Å². The second-order valence-electron chi connectivity index (χ2n) is 22.1. The summed E-state index contributed by atoms with van der Waals surface area (Å²) < 4.78 is 161. The fourth-order valence-electron chi connectivity index (χ4n) is 10.9. The minimum atomic E-state index is -5.82. The standard InChI is InChI=1S/C18H15S.C17H24F2O6S.C16H22F6O4.C8H10O4/c1-4-10-16(11-5-1)19(17-12-6-2-7-13-17)18-14-8-3-9-15-18;1-10(8-24-9-17(18,19)26(21,22)23)15(20)25-16(2)13-4-11-3-12(6-13)7-14(16)5-11;1-8(2)12(23)26-11-6-9(13(3,24)15(17,18)19)5-10(7-11)14(4,25)16(20,21)22;1-5(2)7(9)12-6-3-4-11-8(6)10/h1-15H;11-14H,1,3-9H2,2H3,(H,21,22,23);9-11,24-25H,1,5-7H2,2-4H3;6H,1,3-4H2,2H3/q+1;;;/p-1. The van der Waals surface area contributed by atoms with Gasteiger partial charge in [-0.3, -0.25) is 0 Å². The van der Waals surface area contributed by atoms with Crippen molar-refractivity contribution in [2.45, 2.75) is 154 Å². The van der Waals surface area contributed by atoms with Gasteiger partial charge in [-0.1, -0.05) is 74.3 Å². The number of carbonyl (C=O) groups excluding carboxylic acids is 4. The van der Waals surface area contributed by atoms with E-state index < -0.39 is 125 Å². The molecule has 1 saturated heterocycles. The molecule has 1 heterocycles. The van der Waals surface area contributed by atoms with E-state index in [-0.39, 0.29) is 27.6 Å². The maximum Gasteiger partial charge on any atom is 0.417 e. The number of hydrogen-bond acceptors (Lipinski definition) is 14. The number of aliphatic hydroxyl groups is 2. The van der Waals surface area contributed by atoms with Gasteiger partial charge in [-0.15, -0.1) is 0 Å². The van der Waals surface area contributed by atoms with Crippen LogP contribution in [0.3, 0.4) is 0 Å². The van der Waals surface area contributed by atoms with Crippen molar-refractivity contribution in [1.82, 2.24) is 0 Å². The molecule has 2 N–H and O–H groups in total. The molecule has 4 bridgehead atoms. The van der Waals surface area contributed by atoms with Crippen molar-refractivity contribution in [3.63, 3.8) is 0 Å². The lowest BCUT2D eigenvalue weighted by molar-refractivity contribution is -0.299. The van der Waals surface area contributed by atoms with Crippen LogP contribution in [0.4, 0.5) is 35.1 Å². The third kappa shape index (κ3) is 17.5. The average molecular weight is 1220 g/mol. The van der Waals surface area contributed by atoms with Gasteiger partial charge in [-0.2, -0.15) is 35.1 Å². The van der Waals surface area contributed by atoms with Gasteiger partial charge < -0.3 is 38.5 Å². The minimum Gasteiger partial charge on any atom is -0.743 e. The lowest BCUT2D eigenvalue weighted by Gasteiger charge is -2.59. The highest BCUT2D eigenvalue weighted by Crippen LogP contribution is 2.59. The van der Waals surface area contributed by atoms with Crippen LogP contribution in [0.5, 0.6) is 0 Å². The van der Waals surface area contributed by atoms with E-state index in [2.05, 4.69) is 120 Å². The van der Waals surface area contributed by atoms with E-state index in [0.717, 1.165) is 25.7 Å². The molecule has 14 nitrogen and oxygen atoms in total. The van der Waals surface area contributed by atoms with Crippen LogP contribution in [0.2, 0.25) is 0 Å². The first-order valence-electron chi connectivity index (χ1n) is 26.6. The molecule has 24 heteroatoms. The van der Waals surface area contributed by atoms with Crippen molar-refractivity contribution in [3.8, 4) is 0 Å². The Balaban J connectivity index is 0.000000209. The Hall–Kier alpha value is -5.66. The van der Waals surface area contributed by atoms with Crippen molar-refractivity contribution in [3.05, 3.63) is 127 Å². The maximum atomic E-state index is 13.1. The molecule has 5 aliphatic carbocycles. The molecule has 6 aliphatic rings. The number of benzene rings is 3. The van der Waals surface area contributed by atoms with Crippen molar-refractivity contribution < 1.29 is 101 Å². The van der Waals surface area contributed by atoms with Crippen LogP contribution in [0.15, 0.2) is 142 Å². The molecule has 3 aromatic rings. The monoisotopic (exact) mass is 1220 g/mol. The van der Waals surface area contributed by atoms with Crippen molar-refractivity contribution in [2.75, 3.05) is 19.8 Å². The van der Waals surface area contributed by atoms with Gasteiger partial charge >= 0.3 is 41.5 Å². The largest absolute Gasteiger partial charge is 0.743 e. The Labute approximate surface area is 480 Å². The Morgan fingerprint density at radius 3 is 1.41 bits per heavy atom. The lowest BCUT2D eigenvalue weighted by atomic mass is 9.50. The zero-order valence-corrected chi connectivity index (χ0v) is 48.2. The van der Waals surface area contributed by atoms with E-state index in [1.54, 1.807) is 0 Å². The summed E-state index contributed by atoms with van der Waals surface area (Å²) in [6.45, 7) is 13.9. The molecule has 5 atom stereocenters. The molecule has 458 valence electrons. The number of alkyl halides is 8. The third-order valence-electron chi connectivity index (χ3n) is 15.7. The molecular formula is C59H70F8O14S2. The summed E-state index contributed by atoms with van der Waals surface area (Å²) in [4.78, 5) is 49.8. The van der Waals surface area contributed by atoms with Gasteiger partial charge in [0.1, 0.15) is 18.3 Å². The molecule has 0 aromatic heterocycles. The minimum absolute atomic E-state index is 0.0146. The predicted molar refractivity (Wildman–Crippen MR) is 287 cm³/mol. The molecule has 6 fully saturated rings. The molecule has 0 amide bonds. The summed E-state index contributed by atoms with van der Waals surface area (Å²) in [5.74, 6) is -4.10. The zero-order chi connectivity index (χ0) is 62.1. The van der Waals surface area contributed by atoms with Crippen LogP contribution in [0.1, 0.15) is 92.4 Å². The van der Waals surface area contributed by atoms with Crippen molar-refractivity contribution in [2.24, 2.45) is 35.5 Å². The first-order valence-corrected chi connectivity index (χ1v) is 29.2. The van der Waals surface area contributed by atoms with Crippen molar-refractivity contribution >= 4 is 44.9 Å². The molecule has 83 heavy (non-hydrogen) atoms. The van der Waals surface area contributed by atoms with E-state index in [9.17, 15) is 77.5 Å². The van der Waals surface area contributed by atoms with E-state index >= 15 is 0 Å². The predicted octanol–water partition coefficient (Wildman–Crippen LogP) is 11.2. The molecule has 0 spiro atoms. The quantitative estimate of drug-likeness (QED) is 0.0341. The van der Waals surface area contributed by atoms with E-state index in [4.69, 9.17) is 14.2 Å². The molecule has 3 aromatic carbocycles. The van der Waals surface area contributed by atoms with E-state index in [1.807, 2.05) is 6.92 Å². The average Bonchev–Trinajstić information content (AvgIpc) is 2.22. The number of esters is 4. The lowest BCUT2D eigenvalue weighted by Crippen LogP contribution is -2.58. The van der Waals surface area contributed by atoms with E-state index in [0.29, 0.717) is 50.5 Å². The highest BCUT2D eigenvalue weighted by molar-refractivity contribution is 7.97. The smallest absolute Gasteiger partial charge is 0.417 e. The normalized spacial score (nSPS) is 26.1. The van der Waals surface area contributed by atoms with Crippen LogP contribution >= 0.6 is 0 Å². The summed E-state index contributed by atoms with van der Waals surface area (Å²) in [6.07, 6.45) is -8.14. The fraction of sp³-hybridized carbons (Fsp3) is 0.525. The van der Waals surface area contributed by atoms with Crippen molar-refractivity contribution in [1.29, 1.82) is 0 Å². The van der Waals surface area contributed by atoms with Crippen LogP contribution < -0.4 is 0 Å². The summed E-state index contributed by atoms with van der Waals surface area (Å²) in [6, 6.07) is 32.2. The number of halogens is 8. The summed E-state index contributed by atoms with van der Waals surface area (Å²) in [5, 5.41) is 15.2. The molecule has 1 aliphatic heterocycles. The molecule has 0 radical (unpaired) electrons. The Morgan fingerprint density at radius 2 is 1.06 bits per heavy atom. The third-order valence-corrected chi connectivity index (χ3v) is 18.8. The summed E-state index contributed by atoms with van der Waals surface area (Å²) >= 11 is 0. The summed E-state index contributed by atoms with van der Waals surface area (Å²) in [5.41, 5.74) is -7.17. The highest BCUT2D eigenvalue weighted by atomic mass is 32.2. The number of rotatable bonds is 16. The molecule has 5 unspecified atom stereocenters. The number of ether oxygens (including phenoxy) is 5. The topological polar surface area (TPSA) is 212 Å². The second kappa shape index (κ2) is 27.6. The van der Waals surface area contributed by atoms with Gasteiger partial charge in [-0.05, 0) is 146 Å². The van der Waals surface area contributed by atoms with Gasteiger partial charge in [0, 0.05) is 29.4 Å². The van der Waals surface area contributed by atoms with Crippen LogP contribution in [-0.4, -0.2) is 113 Å². The van der Waals surface area contributed by atoms with Crippen LogP contribution in [0.25, 0.3) is 0 Å². The van der Waals surface area contributed by atoms with Gasteiger partial charge in [0.2, 0.25) is 6.10 Å². The first kappa shape index (κ1) is 68.1. The number of hydrogen-bond donors (Lipinski definition) is 2. The SMILES string of the molecule is C=C(C)C(=O)OC1CC(C(C)(O)C(F)(F)F)CC(C(C)(O)C(F)(F)F)C1.C=C(C)C(=O)OC1CCOC1=O.C=C(COCC(F)(F)S(=O)(=O)[O-])C(=O)OC1(C)C2CC3CC(C2)CC1C3.c1ccc([S+](c2ccccc2)c2ccccc2)cc1. The van der Waals surface area contributed by atoms with Gasteiger partial charge in [0.15, 0.2) is 36.0 Å². The van der Waals surface area contributed by atoms with Gasteiger partial charge in [-0.25, -0.2) is 27.6 Å². The molecular weight excluding hydrogens is 1150 g/mol. The second-order valence-corrected chi connectivity index (χ2v) is 25.7.